The van der Waals surface area contributed by atoms with Crippen molar-refractivity contribution in [3.63, 3.8) is 0 Å². The van der Waals surface area contributed by atoms with Gasteiger partial charge in [0.05, 0.1) is 6.04 Å². The van der Waals surface area contributed by atoms with Gasteiger partial charge < -0.3 is 5.11 Å². The summed E-state index contributed by atoms with van der Waals surface area (Å²) in [6, 6.07) is 6.78. The van der Waals surface area contributed by atoms with E-state index in [1.54, 1.807) is 11.3 Å². The molecule has 1 atom stereocenters. The van der Waals surface area contributed by atoms with Crippen LogP contribution in [0.2, 0.25) is 0 Å². The van der Waals surface area contributed by atoms with Crippen LogP contribution in [0.5, 0.6) is 0 Å². The Morgan fingerprint density at radius 3 is 2.64 bits per heavy atom. The number of carboxylic acid groups (broad SMARTS) is 1. The number of hydrogen-bond acceptors (Lipinski definition) is 6. The highest BCUT2D eigenvalue weighted by atomic mass is 32.2. The Morgan fingerprint density at radius 1 is 1.12 bits per heavy atom. The summed E-state index contributed by atoms with van der Waals surface area (Å²) in [6.45, 7) is 0.341. The molecule has 1 aliphatic heterocycles. The average molecular weight is 412 g/mol. The van der Waals surface area contributed by atoms with Crippen molar-refractivity contribution >= 4 is 50.0 Å². The predicted molar refractivity (Wildman–Crippen MR) is 99.4 cm³/mol. The Morgan fingerprint density at radius 2 is 1.92 bits per heavy atom. The summed E-state index contributed by atoms with van der Waals surface area (Å²) in [5.74, 6) is -1.21. The fraction of sp³-hybridized carbons (Fsp3) is 0.188. The zero-order valence-corrected chi connectivity index (χ0v) is 16.1. The van der Waals surface area contributed by atoms with E-state index in [2.05, 4.69) is 0 Å². The molecular formula is C16H13NO4S4. The molecule has 3 aromatic heterocycles. The van der Waals surface area contributed by atoms with E-state index in [1.807, 2.05) is 29.0 Å². The van der Waals surface area contributed by atoms with Crippen molar-refractivity contribution in [3.8, 4) is 0 Å². The smallest absolute Gasteiger partial charge is 0.347 e. The van der Waals surface area contributed by atoms with Crippen molar-refractivity contribution in [2.24, 2.45) is 0 Å². The summed E-state index contributed by atoms with van der Waals surface area (Å²) in [5.41, 5.74) is 0.995. The van der Waals surface area contributed by atoms with Gasteiger partial charge in [-0.3, -0.25) is 0 Å². The van der Waals surface area contributed by atoms with Crippen molar-refractivity contribution in [1.82, 2.24) is 4.31 Å². The fourth-order valence-corrected chi connectivity index (χ4v) is 7.72. The number of aromatic carboxylic acids is 1. The third kappa shape index (κ3) is 2.76. The third-order valence-corrected chi connectivity index (χ3v) is 9.00. The van der Waals surface area contributed by atoms with Crippen molar-refractivity contribution in [2.45, 2.75) is 17.4 Å². The van der Waals surface area contributed by atoms with Gasteiger partial charge in [0.1, 0.15) is 9.77 Å². The molecule has 9 heteroatoms. The first-order valence-corrected chi connectivity index (χ1v) is 11.5. The minimum atomic E-state index is -3.92. The molecule has 130 valence electrons. The fourth-order valence-electron chi connectivity index (χ4n) is 3.08. The van der Waals surface area contributed by atoms with Gasteiger partial charge >= 0.3 is 5.97 Å². The molecule has 1 N–H and O–H groups in total. The molecule has 1 unspecified atom stereocenters. The van der Waals surface area contributed by atoms with E-state index < -0.39 is 22.0 Å². The molecule has 4 heterocycles. The lowest BCUT2D eigenvalue weighted by Gasteiger charge is -2.34. The van der Waals surface area contributed by atoms with Crippen molar-refractivity contribution in [1.29, 1.82) is 0 Å². The van der Waals surface area contributed by atoms with E-state index in [-0.39, 0.29) is 9.77 Å². The molecule has 4 rings (SSSR count). The highest BCUT2D eigenvalue weighted by Crippen LogP contribution is 2.42. The third-order valence-electron chi connectivity index (χ3n) is 4.14. The molecule has 0 bridgehead atoms. The Labute approximate surface area is 156 Å². The highest BCUT2D eigenvalue weighted by Gasteiger charge is 2.40. The van der Waals surface area contributed by atoms with Crippen LogP contribution in [0.3, 0.4) is 0 Å². The molecule has 0 saturated carbocycles. The van der Waals surface area contributed by atoms with Gasteiger partial charge in [-0.15, -0.1) is 34.0 Å². The SMILES string of the molecule is O=C(O)c1sccc1S(=O)(=O)N1CCc2sccc2C1c1cccs1. The zero-order valence-electron chi connectivity index (χ0n) is 12.8. The minimum Gasteiger partial charge on any atom is -0.477 e. The molecule has 1 aliphatic rings. The normalized spacial score (nSPS) is 18.2. The van der Waals surface area contributed by atoms with E-state index in [0.29, 0.717) is 13.0 Å². The number of rotatable bonds is 4. The Kier molecular flexibility index (Phi) is 4.28. The van der Waals surface area contributed by atoms with Crippen molar-refractivity contribution < 1.29 is 18.3 Å². The summed E-state index contributed by atoms with van der Waals surface area (Å²) >= 11 is 4.08. The van der Waals surface area contributed by atoms with Crippen LogP contribution in [-0.2, 0) is 16.4 Å². The van der Waals surface area contributed by atoms with Gasteiger partial charge in [0.15, 0.2) is 0 Å². The van der Waals surface area contributed by atoms with Crippen molar-refractivity contribution in [3.05, 3.63) is 60.6 Å². The first-order valence-electron chi connectivity index (χ1n) is 7.42. The minimum absolute atomic E-state index is 0.120. The van der Waals surface area contributed by atoms with Crippen LogP contribution in [0.4, 0.5) is 0 Å². The first kappa shape index (κ1) is 16.9. The summed E-state index contributed by atoms with van der Waals surface area (Å²) in [4.78, 5) is 13.3. The molecule has 0 spiro atoms. The second-order valence-electron chi connectivity index (χ2n) is 5.50. The van der Waals surface area contributed by atoms with Gasteiger partial charge in [0.2, 0.25) is 10.0 Å². The molecule has 25 heavy (non-hydrogen) atoms. The Bertz CT molecular complexity index is 1020. The van der Waals surface area contributed by atoms with E-state index >= 15 is 0 Å². The Balaban J connectivity index is 1.86. The van der Waals surface area contributed by atoms with Crippen LogP contribution in [-0.4, -0.2) is 30.3 Å². The molecule has 5 nitrogen and oxygen atoms in total. The van der Waals surface area contributed by atoms with Crippen LogP contribution >= 0.6 is 34.0 Å². The van der Waals surface area contributed by atoms with E-state index in [9.17, 15) is 18.3 Å². The van der Waals surface area contributed by atoms with Crippen LogP contribution in [0.1, 0.15) is 31.0 Å². The first-order chi connectivity index (χ1) is 12.0. The summed E-state index contributed by atoms with van der Waals surface area (Å²) in [6.07, 6.45) is 0.640. The molecule has 3 aromatic rings. The lowest BCUT2D eigenvalue weighted by molar-refractivity contribution is 0.0698. The lowest BCUT2D eigenvalue weighted by Crippen LogP contribution is -2.40. The molecule has 0 aromatic carbocycles. The average Bonchev–Trinajstić information content (AvgIpc) is 3.33. The summed E-state index contributed by atoms with van der Waals surface area (Å²) in [5, 5.41) is 14.7. The monoisotopic (exact) mass is 411 g/mol. The second kappa shape index (κ2) is 6.33. The molecule has 0 aliphatic carbocycles. The quantitative estimate of drug-likeness (QED) is 0.706. The second-order valence-corrected chi connectivity index (χ2v) is 10.3. The number of carbonyl (C=O) groups is 1. The lowest BCUT2D eigenvalue weighted by atomic mass is 10.0. The summed E-state index contributed by atoms with van der Waals surface area (Å²) < 4.78 is 28.0. The van der Waals surface area contributed by atoms with Crippen LogP contribution in [0.15, 0.2) is 45.3 Å². The number of nitrogens with zero attached hydrogens (tertiary/aromatic N) is 1. The number of fused-ring (bicyclic) bond motifs is 1. The van der Waals surface area contributed by atoms with Crippen molar-refractivity contribution in [2.75, 3.05) is 6.54 Å². The van der Waals surface area contributed by atoms with Gasteiger partial charge in [-0.25, -0.2) is 13.2 Å². The maximum atomic E-state index is 13.3. The topological polar surface area (TPSA) is 74.7 Å². The molecule has 0 fully saturated rings. The highest BCUT2D eigenvalue weighted by molar-refractivity contribution is 7.89. The van der Waals surface area contributed by atoms with Crippen LogP contribution in [0, 0.1) is 0 Å². The van der Waals surface area contributed by atoms with Gasteiger partial charge in [-0.05, 0) is 46.3 Å². The van der Waals surface area contributed by atoms with E-state index in [4.69, 9.17) is 0 Å². The molecular weight excluding hydrogens is 398 g/mol. The van der Waals surface area contributed by atoms with Gasteiger partial charge in [0.25, 0.3) is 0 Å². The standard InChI is InChI=1S/C16H13NO4S4/c18-16(19)15-13(5-9-24-15)25(20,21)17-6-3-11-10(4-8-23-11)14(17)12-2-1-7-22-12/h1-2,4-5,7-9,14H,3,6H2,(H,18,19). The largest absolute Gasteiger partial charge is 0.477 e. The van der Waals surface area contributed by atoms with Gasteiger partial charge in [-0.1, -0.05) is 6.07 Å². The summed E-state index contributed by atoms with van der Waals surface area (Å²) in [7, 11) is -3.92. The maximum absolute atomic E-state index is 13.3. The van der Waals surface area contributed by atoms with Gasteiger partial charge in [-0.2, -0.15) is 4.31 Å². The Hall–Kier alpha value is -1.52. The zero-order chi connectivity index (χ0) is 17.6. The number of thiophene rings is 3. The molecule has 0 amide bonds. The molecule has 0 radical (unpaired) electrons. The van der Waals surface area contributed by atoms with Gasteiger partial charge in [0, 0.05) is 16.3 Å². The number of carboxylic acids is 1. The van der Waals surface area contributed by atoms with E-state index in [0.717, 1.165) is 21.8 Å². The maximum Gasteiger partial charge on any atom is 0.347 e. The number of hydrogen-bond donors (Lipinski definition) is 1. The van der Waals surface area contributed by atoms with E-state index in [1.165, 1.54) is 32.0 Å². The number of sulfonamides is 1. The van der Waals surface area contributed by atoms with Crippen LogP contribution in [0.25, 0.3) is 0 Å². The van der Waals surface area contributed by atoms with Crippen LogP contribution < -0.4 is 0 Å². The predicted octanol–water partition coefficient (Wildman–Crippen LogP) is 3.91. The molecule has 0 saturated heterocycles.